The molecule has 1 saturated heterocycles. The van der Waals surface area contributed by atoms with Crippen LogP contribution in [0.25, 0.3) is 0 Å². The van der Waals surface area contributed by atoms with E-state index in [0.717, 1.165) is 11.3 Å². The van der Waals surface area contributed by atoms with Crippen molar-refractivity contribution >= 4 is 11.8 Å². The first-order valence-electron chi connectivity index (χ1n) is 9.51. The van der Waals surface area contributed by atoms with Crippen molar-refractivity contribution in [3.63, 3.8) is 0 Å². The van der Waals surface area contributed by atoms with Gasteiger partial charge >= 0.3 is 11.8 Å². The number of nitrogens with zero attached hydrogens (tertiary/aromatic N) is 4. The van der Waals surface area contributed by atoms with Gasteiger partial charge in [-0.15, -0.1) is 10.2 Å². The zero-order valence-corrected chi connectivity index (χ0v) is 16.6. The fourth-order valence-electron chi connectivity index (χ4n) is 3.05. The Morgan fingerprint density at radius 3 is 2.29 bits per heavy atom. The number of carbonyl (C=O) groups excluding carboxylic acids is 2. The number of aryl methyl sites for hydroxylation is 1. The van der Waals surface area contributed by atoms with Gasteiger partial charge in [-0.25, -0.2) is 0 Å². The Kier molecular flexibility index (Phi) is 6.28. The molecule has 28 heavy (non-hydrogen) atoms. The maximum absolute atomic E-state index is 12.5. The molecule has 0 bridgehead atoms. The van der Waals surface area contributed by atoms with Crippen LogP contribution in [-0.4, -0.2) is 65.1 Å². The van der Waals surface area contributed by atoms with E-state index in [9.17, 15) is 9.59 Å². The molecule has 0 atom stereocenters. The van der Waals surface area contributed by atoms with E-state index in [4.69, 9.17) is 9.15 Å². The van der Waals surface area contributed by atoms with Crippen LogP contribution >= 0.6 is 0 Å². The third-order valence-corrected chi connectivity index (χ3v) is 4.82. The van der Waals surface area contributed by atoms with Gasteiger partial charge < -0.3 is 19.0 Å². The molecule has 8 heteroatoms. The molecule has 1 aromatic carbocycles. The first-order chi connectivity index (χ1) is 13.5. The van der Waals surface area contributed by atoms with E-state index in [1.165, 1.54) is 0 Å². The van der Waals surface area contributed by atoms with Gasteiger partial charge in [-0.2, -0.15) is 0 Å². The summed E-state index contributed by atoms with van der Waals surface area (Å²) in [5, 5.41) is 7.75. The van der Waals surface area contributed by atoms with E-state index in [-0.39, 0.29) is 23.6 Å². The molecule has 0 aliphatic carbocycles. The van der Waals surface area contributed by atoms with Crippen LogP contribution < -0.4 is 4.74 Å². The summed E-state index contributed by atoms with van der Waals surface area (Å²) < 4.78 is 10.6. The molecular formula is C20H26N4O4. The topological polar surface area (TPSA) is 88.8 Å². The number of aromatic nitrogens is 2. The standard InChI is InChI=1S/C20H26N4O4/c1-14(2)18-21-22-19(28-18)20(26)24-12-10-23(11-13-24)17(25)9-6-15-4-7-16(27-3)8-5-15/h4-5,7-8,14H,6,9-13H2,1-3H3. The van der Waals surface area contributed by atoms with Crippen molar-refractivity contribution in [2.75, 3.05) is 33.3 Å². The molecule has 150 valence electrons. The predicted octanol–water partition coefficient (Wildman–Crippen LogP) is 2.12. The first kappa shape index (κ1) is 19.9. The molecule has 1 aliphatic heterocycles. The lowest BCUT2D eigenvalue weighted by Crippen LogP contribution is -2.50. The summed E-state index contributed by atoms with van der Waals surface area (Å²) in [7, 11) is 1.63. The zero-order chi connectivity index (χ0) is 20.1. The van der Waals surface area contributed by atoms with E-state index >= 15 is 0 Å². The molecule has 0 unspecified atom stereocenters. The molecule has 0 radical (unpaired) electrons. The highest BCUT2D eigenvalue weighted by molar-refractivity contribution is 5.89. The van der Waals surface area contributed by atoms with Crippen LogP contribution in [0, 0.1) is 0 Å². The fraction of sp³-hybridized carbons (Fsp3) is 0.500. The Hall–Kier alpha value is -2.90. The summed E-state index contributed by atoms with van der Waals surface area (Å²) in [6.07, 6.45) is 1.13. The quantitative estimate of drug-likeness (QED) is 0.756. The average Bonchev–Trinajstić information content (AvgIpc) is 3.22. The highest BCUT2D eigenvalue weighted by Crippen LogP contribution is 2.16. The highest BCUT2D eigenvalue weighted by Gasteiger charge is 2.28. The van der Waals surface area contributed by atoms with Crippen molar-refractivity contribution in [1.29, 1.82) is 0 Å². The largest absolute Gasteiger partial charge is 0.497 e. The molecule has 0 N–H and O–H groups in total. The van der Waals surface area contributed by atoms with E-state index in [1.807, 2.05) is 38.1 Å². The molecule has 2 aromatic rings. The molecule has 2 heterocycles. The SMILES string of the molecule is COc1ccc(CCC(=O)N2CCN(C(=O)c3nnc(C(C)C)o3)CC2)cc1. The van der Waals surface area contributed by atoms with Crippen LogP contribution in [0.4, 0.5) is 0 Å². The Balaban J connectivity index is 1.47. The van der Waals surface area contributed by atoms with Gasteiger partial charge in [-0.1, -0.05) is 26.0 Å². The minimum absolute atomic E-state index is 0.0167. The maximum atomic E-state index is 12.5. The molecule has 8 nitrogen and oxygen atoms in total. The van der Waals surface area contributed by atoms with Gasteiger partial charge in [0.25, 0.3) is 0 Å². The van der Waals surface area contributed by atoms with E-state index in [0.29, 0.717) is 44.9 Å². The third-order valence-electron chi connectivity index (χ3n) is 4.82. The summed E-state index contributed by atoms with van der Waals surface area (Å²) in [4.78, 5) is 28.4. The van der Waals surface area contributed by atoms with Crippen LogP contribution in [0.2, 0.25) is 0 Å². The Bertz CT molecular complexity index is 808. The summed E-state index contributed by atoms with van der Waals surface area (Å²) in [6, 6.07) is 7.73. The second-order valence-corrected chi connectivity index (χ2v) is 7.12. The average molecular weight is 386 g/mol. The van der Waals surface area contributed by atoms with E-state index < -0.39 is 0 Å². The highest BCUT2D eigenvalue weighted by atomic mass is 16.5. The van der Waals surface area contributed by atoms with Gasteiger partial charge in [-0.05, 0) is 24.1 Å². The smallest absolute Gasteiger partial charge is 0.311 e. The Morgan fingerprint density at radius 2 is 1.71 bits per heavy atom. The number of amides is 2. The number of rotatable bonds is 6. The molecule has 0 spiro atoms. The summed E-state index contributed by atoms with van der Waals surface area (Å²) >= 11 is 0. The minimum Gasteiger partial charge on any atom is -0.497 e. The van der Waals surface area contributed by atoms with Crippen LogP contribution in [0.1, 0.15) is 48.3 Å². The van der Waals surface area contributed by atoms with Crippen molar-refractivity contribution < 1.29 is 18.7 Å². The van der Waals surface area contributed by atoms with Crippen LogP contribution in [-0.2, 0) is 11.2 Å². The summed E-state index contributed by atoms with van der Waals surface area (Å²) in [5.74, 6) is 1.18. The van der Waals surface area contributed by atoms with Crippen LogP contribution in [0.5, 0.6) is 5.75 Å². The molecular weight excluding hydrogens is 360 g/mol. The second-order valence-electron chi connectivity index (χ2n) is 7.12. The van der Waals surface area contributed by atoms with Gasteiger partial charge in [0.05, 0.1) is 7.11 Å². The van der Waals surface area contributed by atoms with Crippen molar-refractivity contribution in [2.24, 2.45) is 0 Å². The molecule has 3 rings (SSSR count). The molecule has 2 amide bonds. The van der Waals surface area contributed by atoms with Crippen molar-refractivity contribution in [1.82, 2.24) is 20.0 Å². The van der Waals surface area contributed by atoms with Gasteiger partial charge in [0.1, 0.15) is 5.75 Å². The van der Waals surface area contributed by atoms with Gasteiger partial charge in [0.15, 0.2) is 0 Å². The fourth-order valence-corrected chi connectivity index (χ4v) is 3.05. The predicted molar refractivity (Wildman–Crippen MR) is 102 cm³/mol. The monoisotopic (exact) mass is 386 g/mol. The number of hydrogen-bond acceptors (Lipinski definition) is 6. The number of ether oxygens (including phenoxy) is 1. The van der Waals surface area contributed by atoms with Crippen LogP contribution in [0.3, 0.4) is 0 Å². The minimum atomic E-state index is -0.273. The first-order valence-corrected chi connectivity index (χ1v) is 9.51. The number of piperazine rings is 1. The van der Waals surface area contributed by atoms with Gasteiger partial charge in [0, 0.05) is 38.5 Å². The molecule has 1 aromatic heterocycles. The number of carbonyl (C=O) groups is 2. The lowest BCUT2D eigenvalue weighted by molar-refractivity contribution is -0.132. The second kappa shape index (κ2) is 8.86. The van der Waals surface area contributed by atoms with Crippen molar-refractivity contribution in [2.45, 2.75) is 32.6 Å². The van der Waals surface area contributed by atoms with Crippen molar-refractivity contribution in [3.8, 4) is 5.75 Å². The molecule has 0 saturated carbocycles. The Morgan fingerprint density at radius 1 is 1.07 bits per heavy atom. The summed E-state index contributed by atoms with van der Waals surface area (Å²) in [5.41, 5.74) is 1.10. The van der Waals surface area contributed by atoms with Crippen LogP contribution in [0.15, 0.2) is 28.7 Å². The van der Waals surface area contributed by atoms with Gasteiger partial charge in [0.2, 0.25) is 11.8 Å². The lowest BCUT2D eigenvalue weighted by atomic mass is 10.1. The van der Waals surface area contributed by atoms with Gasteiger partial charge in [-0.3, -0.25) is 9.59 Å². The number of hydrogen-bond donors (Lipinski definition) is 0. The van der Waals surface area contributed by atoms with E-state index in [2.05, 4.69) is 10.2 Å². The number of methoxy groups -OCH3 is 1. The molecule has 1 aliphatic rings. The maximum Gasteiger partial charge on any atom is 0.311 e. The third kappa shape index (κ3) is 4.68. The molecule has 1 fully saturated rings. The normalized spacial score (nSPS) is 14.4. The van der Waals surface area contributed by atoms with E-state index in [1.54, 1.807) is 16.9 Å². The lowest BCUT2D eigenvalue weighted by Gasteiger charge is -2.34. The van der Waals surface area contributed by atoms with Crippen molar-refractivity contribution in [3.05, 3.63) is 41.6 Å². The number of benzene rings is 1. The summed E-state index contributed by atoms with van der Waals surface area (Å²) in [6.45, 7) is 5.81. The Labute approximate surface area is 164 Å². The zero-order valence-electron chi connectivity index (χ0n) is 16.6.